The minimum absolute atomic E-state index is 0.0197. The number of aromatic nitrogens is 1. The van der Waals surface area contributed by atoms with Crippen molar-refractivity contribution < 1.29 is 9.59 Å². The molecule has 5 nitrogen and oxygen atoms in total. The third-order valence-electron chi connectivity index (χ3n) is 4.52. The lowest BCUT2D eigenvalue weighted by Crippen LogP contribution is -2.25. The first-order valence-electron chi connectivity index (χ1n) is 9.40. The monoisotopic (exact) mass is 363 g/mol. The number of hydrogen-bond donors (Lipinski definition) is 3. The zero-order chi connectivity index (χ0) is 19.1. The number of carbonyl (C=O) groups excluding carboxylic acids is 2. The summed E-state index contributed by atoms with van der Waals surface area (Å²) in [6, 6.07) is 15.2. The molecule has 1 aromatic heterocycles. The molecule has 0 aliphatic heterocycles. The van der Waals surface area contributed by atoms with Gasteiger partial charge in [-0.25, -0.2) is 0 Å². The van der Waals surface area contributed by atoms with Crippen LogP contribution in [0.25, 0.3) is 10.9 Å². The Labute approximate surface area is 159 Å². The Hall–Kier alpha value is -3.08. The second kappa shape index (κ2) is 9.03. The summed E-state index contributed by atoms with van der Waals surface area (Å²) in [5.41, 5.74) is 3.48. The van der Waals surface area contributed by atoms with E-state index in [1.807, 2.05) is 24.4 Å². The lowest BCUT2D eigenvalue weighted by Gasteiger charge is -2.08. The number of H-pyrrole nitrogens is 1. The average molecular weight is 363 g/mol. The van der Waals surface area contributed by atoms with E-state index in [0.717, 1.165) is 24.8 Å². The molecular formula is C22H25N3O2. The van der Waals surface area contributed by atoms with Gasteiger partial charge in [-0.15, -0.1) is 0 Å². The largest absolute Gasteiger partial charge is 0.361 e. The number of hydrogen-bond acceptors (Lipinski definition) is 2. The number of fused-ring (bicyclic) bond motifs is 1. The second-order valence-electron chi connectivity index (χ2n) is 6.60. The molecule has 0 saturated heterocycles. The predicted molar refractivity (Wildman–Crippen MR) is 109 cm³/mol. The van der Waals surface area contributed by atoms with E-state index < -0.39 is 0 Å². The van der Waals surface area contributed by atoms with Crippen molar-refractivity contribution in [2.24, 2.45) is 0 Å². The summed E-state index contributed by atoms with van der Waals surface area (Å²) >= 11 is 0. The number of aromatic amines is 1. The molecule has 0 atom stereocenters. The minimum Gasteiger partial charge on any atom is -0.361 e. The number of rotatable bonds is 8. The summed E-state index contributed by atoms with van der Waals surface area (Å²) in [7, 11) is 0. The number of nitrogens with one attached hydrogen (secondary N) is 3. The van der Waals surface area contributed by atoms with E-state index in [1.54, 1.807) is 24.3 Å². The normalized spacial score (nSPS) is 10.7. The van der Waals surface area contributed by atoms with Crippen LogP contribution in [0, 0.1) is 0 Å². The van der Waals surface area contributed by atoms with E-state index in [9.17, 15) is 9.59 Å². The number of anilines is 1. The number of amides is 2. The highest BCUT2D eigenvalue weighted by molar-refractivity contribution is 5.97. The fourth-order valence-electron chi connectivity index (χ4n) is 3.05. The van der Waals surface area contributed by atoms with Crippen molar-refractivity contribution in [2.75, 3.05) is 11.9 Å². The third-order valence-corrected chi connectivity index (χ3v) is 4.52. The molecule has 2 aromatic carbocycles. The molecule has 0 saturated carbocycles. The maximum Gasteiger partial charge on any atom is 0.251 e. The summed E-state index contributed by atoms with van der Waals surface area (Å²) in [6.45, 7) is 2.60. The van der Waals surface area contributed by atoms with Gasteiger partial charge < -0.3 is 15.6 Å². The first-order valence-corrected chi connectivity index (χ1v) is 9.40. The van der Waals surface area contributed by atoms with Gasteiger partial charge >= 0.3 is 0 Å². The average Bonchev–Trinajstić information content (AvgIpc) is 3.10. The van der Waals surface area contributed by atoms with Crippen LogP contribution < -0.4 is 10.6 Å². The van der Waals surface area contributed by atoms with Crippen LogP contribution in [-0.2, 0) is 11.2 Å². The van der Waals surface area contributed by atoms with Gasteiger partial charge in [0, 0.05) is 41.3 Å². The van der Waals surface area contributed by atoms with Gasteiger partial charge in [0.15, 0.2) is 0 Å². The van der Waals surface area contributed by atoms with Gasteiger partial charge in [-0.1, -0.05) is 37.6 Å². The van der Waals surface area contributed by atoms with E-state index in [0.29, 0.717) is 24.2 Å². The first-order chi connectivity index (χ1) is 13.2. The molecule has 5 heteroatoms. The molecule has 140 valence electrons. The van der Waals surface area contributed by atoms with Crippen LogP contribution in [0.4, 0.5) is 5.69 Å². The number of unbranched alkanes of at least 4 members (excludes halogenated alkanes) is 1. The Bertz CT molecular complexity index is 930. The molecule has 1 heterocycles. The van der Waals surface area contributed by atoms with Crippen LogP contribution in [0.3, 0.4) is 0 Å². The topological polar surface area (TPSA) is 74.0 Å². The minimum atomic E-state index is -0.139. The first kappa shape index (κ1) is 18.7. The summed E-state index contributed by atoms with van der Waals surface area (Å²) in [5.74, 6) is -0.159. The molecule has 0 radical (unpaired) electrons. The maximum absolute atomic E-state index is 12.4. The SMILES string of the molecule is CCCCC(=O)Nc1cccc(C(=O)NCCc2c[nH]c3ccccc23)c1. The predicted octanol–water partition coefficient (Wildman–Crippen LogP) is 4.27. The van der Waals surface area contributed by atoms with Crippen molar-refractivity contribution in [2.45, 2.75) is 32.6 Å². The van der Waals surface area contributed by atoms with Gasteiger partial charge in [0.1, 0.15) is 0 Å². The smallest absolute Gasteiger partial charge is 0.251 e. The molecule has 3 aromatic rings. The molecule has 0 unspecified atom stereocenters. The van der Waals surface area contributed by atoms with Gasteiger partial charge in [0.2, 0.25) is 5.91 Å². The Kier molecular flexibility index (Phi) is 6.26. The van der Waals surface area contributed by atoms with Crippen LogP contribution in [0.1, 0.15) is 42.1 Å². The van der Waals surface area contributed by atoms with Gasteiger partial charge in [-0.05, 0) is 42.7 Å². The lowest BCUT2D eigenvalue weighted by molar-refractivity contribution is -0.116. The zero-order valence-corrected chi connectivity index (χ0v) is 15.5. The molecule has 3 N–H and O–H groups in total. The Morgan fingerprint density at radius 1 is 1.07 bits per heavy atom. The van der Waals surface area contributed by atoms with E-state index in [2.05, 4.69) is 28.6 Å². The van der Waals surface area contributed by atoms with E-state index >= 15 is 0 Å². The van der Waals surface area contributed by atoms with Gasteiger partial charge in [-0.2, -0.15) is 0 Å². The maximum atomic E-state index is 12.4. The number of para-hydroxylation sites is 1. The summed E-state index contributed by atoms with van der Waals surface area (Å²) in [4.78, 5) is 27.5. The van der Waals surface area contributed by atoms with Crippen LogP contribution in [0.15, 0.2) is 54.7 Å². The summed E-state index contributed by atoms with van der Waals surface area (Å²) in [5, 5.41) is 6.98. The van der Waals surface area contributed by atoms with Crippen molar-refractivity contribution in [1.82, 2.24) is 10.3 Å². The molecule has 3 rings (SSSR count). The van der Waals surface area contributed by atoms with E-state index in [-0.39, 0.29) is 11.8 Å². The van der Waals surface area contributed by atoms with Gasteiger partial charge in [0.05, 0.1) is 0 Å². The molecular weight excluding hydrogens is 338 g/mol. The quantitative estimate of drug-likeness (QED) is 0.559. The molecule has 0 fully saturated rings. The van der Waals surface area contributed by atoms with Crippen LogP contribution >= 0.6 is 0 Å². The van der Waals surface area contributed by atoms with Crippen LogP contribution in [0.2, 0.25) is 0 Å². The van der Waals surface area contributed by atoms with Crippen LogP contribution in [0.5, 0.6) is 0 Å². The third kappa shape index (κ3) is 4.97. The fraction of sp³-hybridized carbons (Fsp3) is 0.273. The zero-order valence-electron chi connectivity index (χ0n) is 15.5. The number of benzene rings is 2. The standard InChI is InChI=1S/C22H25N3O2/c1-2-3-11-21(26)25-18-8-6-7-16(14-18)22(27)23-13-12-17-15-24-20-10-5-4-9-19(17)20/h4-10,14-15,24H,2-3,11-13H2,1H3,(H,23,27)(H,25,26). The fourth-order valence-corrected chi connectivity index (χ4v) is 3.05. The molecule has 0 bridgehead atoms. The highest BCUT2D eigenvalue weighted by Crippen LogP contribution is 2.18. The Balaban J connectivity index is 1.55. The number of carbonyl (C=O) groups is 2. The molecule has 27 heavy (non-hydrogen) atoms. The Morgan fingerprint density at radius 2 is 1.93 bits per heavy atom. The second-order valence-corrected chi connectivity index (χ2v) is 6.60. The van der Waals surface area contributed by atoms with Crippen molar-refractivity contribution in [3.63, 3.8) is 0 Å². The molecule has 0 spiro atoms. The van der Waals surface area contributed by atoms with Gasteiger partial charge in [0.25, 0.3) is 5.91 Å². The summed E-state index contributed by atoms with van der Waals surface area (Å²) in [6.07, 6.45) is 5.08. The molecule has 2 amide bonds. The highest BCUT2D eigenvalue weighted by Gasteiger charge is 2.09. The highest BCUT2D eigenvalue weighted by atomic mass is 16.2. The lowest BCUT2D eigenvalue weighted by atomic mass is 10.1. The van der Waals surface area contributed by atoms with Crippen LogP contribution in [-0.4, -0.2) is 23.3 Å². The van der Waals surface area contributed by atoms with Gasteiger partial charge in [-0.3, -0.25) is 9.59 Å². The van der Waals surface area contributed by atoms with E-state index in [4.69, 9.17) is 0 Å². The summed E-state index contributed by atoms with van der Waals surface area (Å²) < 4.78 is 0. The van der Waals surface area contributed by atoms with Crippen molar-refractivity contribution in [3.05, 3.63) is 65.9 Å². The molecule has 0 aliphatic carbocycles. The Morgan fingerprint density at radius 3 is 2.78 bits per heavy atom. The van der Waals surface area contributed by atoms with Crippen molar-refractivity contribution in [1.29, 1.82) is 0 Å². The van der Waals surface area contributed by atoms with Crippen molar-refractivity contribution in [3.8, 4) is 0 Å². The van der Waals surface area contributed by atoms with E-state index in [1.165, 1.54) is 10.9 Å². The molecule has 0 aliphatic rings. The van der Waals surface area contributed by atoms with Crippen molar-refractivity contribution >= 4 is 28.4 Å².